The monoisotopic (exact) mass is 179 g/mol. The number of methoxy groups -OCH3 is 1. The van der Waals surface area contributed by atoms with Crippen molar-refractivity contribution in [2.45, 2.75) is 6.92 Å². The molecule has 4 nitrogen and oxygen atoms in total. The van der Waals surface area contributed by atoms with Crippen LogP contribution < -0.4 is 0 Å². The maximum absolute atomic E-state index is 10.8. The number of carbonyl (C=O) groups is 2. The van der Waals surface area contributed by atoms with E-state index in [1.807, 2.05) is 0 Å². The highest BCUT2D eigenvalue weighted by molar-refractivity contribution is 6.28. The lowest BCUT2D eigenvalue weighted by atomic mass is 10.5. The molecule has 0 heterocycles. The average molecular weight is 180 g/mol. The normalized spacial score (nSPS) is 9.00. The smallest absolute Gasteiger partial charge is 0.416 e. The van der Waals surface area contributed by atoms with Crippen LogP contribution >= 0.6 is 11.6 Å². The summed E-state index contributed by atoms with van der Waals surface area (Å²) in [4.78, 5) is 22.5. The molecule has 0 rings (SSSR count). The number of ether oxygens (including phenoxy) is 1. The van der Waals surface area contributed by atoms with Crippen LogP contribution in [-0.4, -0.2) is 36.4 Å². The van der Waals surface area contributed by atoms with E-state index in [2.05, 4.69) is 4.74 Å². The fraction of sp³-hybridized carbons (Fsp3) is 0.667. The minimum Gasteiger partial charge on any atom is -0.452 e. The molecule has 2 amide bonds. The number of hydrogen-bond acceptors (Lipinski definition) is 3. The maximum Gasteiger partial charge on any atom is 0.416 e. The maximum atomic E-state index is 10.8. The van der Waals surface area contributed by atoms with E-state index in [1.54, 1.807) is 6.92 Å². The van der Waals surface area contributed by atoms with E-state index in [0.717, 1.165) is 4.90 Å². The molecule has 0 unspecified atom stereocenters. The first-order chi connectivity index (χ1) is 5.17. The van der Waals surface area contributed by atoms with E-state index in [-0.39, 0.29) is 12.4 Å². The highest BCUT2D eigenvalue weighted by atomic mass is 35.5. The van der Waals surface area contributed by atoms with Crippen molar-refractivity contribution in [3.63, 3.8) is 0 Å². The van der Waals surface area contributed by atoms with Crippen LogP contribution in [0.15, 0.2) is 0 Å². The number of alkyl halides is 1. The predicted molar refractivity (Wildman–Crippen MR) is 40.5 cm³/mol. The lowest BCUT2D eigenvalue weighted by Gasteiger charge is -2.14. The molecular formula is C6H10ClNO3. The Labute approximate surface area is 70.1 Å². The quantitative estimate of drug-likeness (QED) is 0.591. The molecule has 0 bridgehead atoms. The average Bonchev–Trinajstić information content (AvgIpc) is 2.05. The van der Waals surface area contributed by atoms with Gasteiger partial charge in [0.2, 0.25) is 5.91 Å². The van der Waals surface area contributed by atoms with Crippen molar-refractivity contribution < 1.29 is 14.3 Å². The summed E-state index contributed by atoms with van der Waals surface area (Å²) in [5.74, 6) is -0.649. The first kappa shape index (κ1) is 10.2. The zero-order chi connectivity index (χ0) is 8.85. The third-order valence-electron chi connectivity index (χ3n) is 1.13. The summed E-state index contributed by atoms with van der Waals surface area (Å²) in [5, 5.41) is 0. The fourth-order valence-electron chi connectivity index (χ4n) is 0.590. The Balaban J connectivity index is 4.15. The van der Waals surface area contributed by atoms with Crippen LogP contribution in [0.1, 0.15) is 6.92 Å². The summed E-state index contributed by atoms with van der Waals surface area (Å²) in [6.45, 7) is 1.94. The number of amides is 2. The Morgan fingerprint density at radius 3 is 2.36 bits per heavy atom. The van der Waals surface area contributed by atoms with Crippen LogP contribution in [-0.2, 0) is 9.53 Å². The number of nitrogens with zero attached hydrogens (tertiary/aromatic N) is 1. The van der Waals surface area contributed by atoms with Gasteiger partial charge in [-0.2, -0.15) is 0 Å². The standard InChI is InChI=1S/C6H10ClNO3/c1-3-8(5(9)4-7)6(10)11-2/h3-4H2,1-2H3. The lowest BCUT2D eigenvalue weighted by Crippen LogP contribution is -2.37. The third-order valence-corrected chi connectivity index (χ3v) is 1.36. The molecule has 0 aromatic rings. The number of imide groups is 1. The molecular weight excluding hydrogens is 170 g/mol. The van der Waals surface area contributed by atoms with Gasteiger partial charge in [0.1, 0.15) is 5.88 Å². The SMILES string of the molecule is CCN(C(=O)CCl)C(=O)OC. The molecule has 0 aliphatic heterocycles. The topological polar surface area (TPSA) is 46.6 Å². The molecule has 0 saturated heterocycles. The van der Waals surface area contributed by atoms with E-state index in [0.29, 0.717) is 0 Å². The van der Waals surface area contributed by atoms with Gasteiger partial charge in [-0.3, -0.25) is 4.79 Å². The summed E-state index contributed by atoms with van der Waals surface area (Å²) in [5.41, 5.74) is 0. The van der Waals surface area contributed by atoms with Crippen LogP contribution in [0.5, 0.6) is 0 Å². The number of hydrogen-bond donors (Lipinski definition) is 0. The van der Waals surface area contributed by atoms with E-state index >= 15 is 0 Å². The van der Waals surface area contributed by atoms with E-state index in [9.17, 15) is 9.59 Å². The lowest BCUT2D eigenvalue weighted by molar-refractivity contribution is -0.126. The summed E-state index contributed by atoms with van der Waals surface area (Å²) in [6.07, 6.45) is -0.668. The summed E-state index contributed by atoms with van der Waals surface area (Å²) >= 11 is 5.23. The van der Waals surface area contributed by atoms with E-state index in [4.69, 9.17) is 11.6 Å². The van der Waals surface area contributed by atoms with Gasteiger partial charge < -0.3 is 4.74 Å². The minimum atomic E-state index is -0.668. The molecule has 5 heteroatoms. The van der Waals surface area contributed by atoms with Gasteiger partial charge in [0.15, 0.2) is 0 Å². The van der Waals surface area contributed by atoms with Crippen LogP contribution in [0, 0.1) is 0 Å². The van der Waals surface area contributed by atoms with Crippen molar-refractivity contribution in [2.24, 2.45) is 0 Å². The van der Waals surface area contributed by atoms with Crippen molar-refractivity contribution in [2.75, 3.05) is 19.5 Å². The van der Waals surface area contributed by atoms with Crippen molar-refractivity contribution in [1.29, 1.82) is 0 Å². The number of halogens is 1. The van der Waals surface area contributed by atoms with Gasteiger partial charge in [0.25, 0.3) is 0 Å². The van der Waals surface area contributed by atoms with Gasteiger partial charge in [-0.1, -0.05) is 0 Å². The molecule has 0 aliphatic carbocycles. The molecule has 64 valence electrons. The zero-order valence-corrected chi connectivity index (χ0v) is 7.22. The Bertz CT molecular complexity index is 144. The molecule has 0 aromatic carbocycles. The molecule has 0 aliphatic rings. The Morgan fingerprint density at radius 1 is 1.55 bits per heavy atom. The first-order valence-corrected chi connectivity index (χ1v) is 3.65. The van der Waals surface area contributed by atoms with Crippen LogP contribution in [0.4, 0.5) is 4.79 Å². The minimum absolute atomic E-state index is 0.205. The van der Waals surface area contributed by atoms with Gasteiger partial charge in [0.05, 0.1) is 7.11 Å². The van der Waals surface area contributed by atoms with E-state index in [1.165, 1.54) is 7.11 Å². The molecule has 0 fully saturated rings. The van der Waals surface area contributed by atoms with Crippen LogP contribution in [0.2, 0.25) is 0 Å². The van der Waals surface area contributed by atoms with Crippen molar-refractivity contribution in [1.82, 2.24) is 4.90 Å². The molecule has 0 N–H and O–H groups in total. The molecule has 11 heavy (non-hydrogen) atoms. The summed E-state index contributed by atoms with van der Waals surface area (Å²) in [7, 11) is 1.21. The van der Waals surface area contributed by atoms with Crippen molar-refractivity contribution in [3.8, 4) is 0 Å². The second-order valence-electron chi connectivity index (χ2n) is 1.74. The Morgan fingerprint density at radius 2 is 2.09 bits per heavy atom. The molecule has 0 aromatic heterocycles. The second-order valence-corrected chi connectivity index (χ2v) is 2.01. The second kappa shape index (κ2) is 4.96. The highest BCUT2D eigenvalue weighted by Gasteiger charge is 2.18. The first-order valence-electron chi connectivity index (χ1n) is 3.11. The Hall–Kier alpha value is -0.770. The molecule has 0 radical (unpaired) electrons. The highest BCUT2D eigenvalue weighted by Crippen LogP contribution is 1.95. The van der Waals surface area contributed by atoms with Crippen LogP contribution in [0.25, 0.3) is 0 Å². The van der Waals surface area contributed by atoms with Gasteiger partial charge in [-0.05, 0) is 6.92 Å². The van der Waals surface area contributed by atoms with Gasteiger partial charge in [-0.25, -0.2) is 9.69 Å². The molecule has 0 spiro atoms. The van der Waals surface area contributed by atoms with E-state index < -0.39 is 12.0 Å². The zero-order valence-electron chi connectivity index (χ0n) is 6.46. The van der Waals surface area contributed by atoms with Crippen LogP contribution in [0.3, 0.4) is 0 Å². The summed E-state index contributed by atoms with van der Waals surface area (Å²) in [6, 6.07) is 0. The molecule has 0 saturated carbocycles. The summed E-state index contributed by atoms with van der Waals surface area (Å²) < 4.78 is 4.33. The number of carbonyl (C=O) groups excluding carboxylic acids is 2. The number of rotatable bonds is 2. The fourth-order valence-corrected chi connectivity index (χ4v) is 0.734. The van der Waals surface area contributed by atoms with Gasteiger partial charge in [0, 0.05) is 6.54 Å². The van der Waals surface area contributed by atoms with Gasteiger partial charge in [-0.15, -0.1) is 11.6 Å². The van der Waals surface area contributed by atoms with Crippen molar-refractivity contribution in [3.05, 3.63) is 0 Å². The predicted octanol–water partition coefficient (Wildman–Crippen LogP) is 0.840. The Kier molecular flexibility index (Phi) is 4.61. The third kappa shape index (κ3) is 2.76. The van der Waals surface area contributed by atoms with Gasteiger partial charge >= 0.3 is 6.09 Å². The largest absolute Gasteiger partial charge is 0.452 e. The van der Waals surface area contributed by atoms with Crippen molar-refractivity contribution >= 4 is 23.6 Å². The molecule has 0 atom stereocenters.